The molecule has 1 amide bonds. The molecule has 1 aromatic heterocycles. The lowest BCUT2D eigenvalue weighted by molar-refractivity contribution is -0.137. The van der Waals surface area contributed by atoms with Crippen LogP contribution in [0, 0.1) is 13.8 Å². The van der Waals surface area contributed by atoms with E-state index in [1.165, 1.54) is 23.5 Å². The summed E-state index contributed by atoms with van der Waals surface area (Å²) in [7, 11) is 0. The summed E-state index contributed by atoms with van der Waals surface area (Å²) in [4.78, 5) is 12.7. The van der Waals surface area contributed by atoms with E-state index in [0.29, 0.717) is 11.5 Å². The summed E-state index contributed by atoms with van der Waals surface area (Å²) < 4.78 is 44.1. The molecule has 2 aromatic carbocycles. The number of carbonyl (C=O) groups is 1. The van der Waals surface area contributed by atoms with Gasteiger partial charge in [0, 0.05) is 11.3 Å². The van der Waals surface area contributed by atoms with Crippen LogP contribution in [0.25, 0.3) is 0 Å². The van der Waals surface area contributed by atoms with Gasteiger partial charge in [0.25, 0.3) is 5.91 Å². The van der Waals surface area contributed by atoms with Crippen molar-refractivity contribution >= 4 is 22.9 Å². The molecule has 0 aliphatic carbocycles. The van der Waals surface area contributed by atoms with Crippen LogP contribution < -0.4 is 10.1 Å². The predicted octanol–water partition coefficient (Wildman–Crippen LogP) is 6.22. The number of rotatable bonds is 5. The summed E-state index contributed by atoms with van der Waals surface area (Å²) in [6.07, 6.45) is -4.46. The smallest absolute Gasteiger partial charge is 0.416 e. The van der Waals surface area contributed by atoms with Crippen LogP contribution in [0.4, 0.5) is 18.9 Å². The third-order valence-corrected chi connectivity index (χ3v) is 5.03. The molecule has 28 heavy (non-hydrogen) atoms. The summed E-state index contributed by atoms with van der Waals surface area (Å²) in [6.45, 7) is 4.27. The number of halogens is 3. The number of benzene rings is 2. The Kier molecular flexibility index (Phi) is 5.74. The zero-order valence-electron chi connectivity index (χ0n) is 15.3. The van der Waals surface area contributed by atoms with E-state index in [9.17, 15) is 18.0 Å². The molecule has 3 rings (SSSR count). The molecule has 0 saturated heterocycles. The van der Waals surface area contributed by atoms with Crippen molar-refractivity contribution in [3.8, 4) is 5.75 Å². The first-order chi connectivity index (χ1) is 13.2. The maximum Gasteiger partial charge on any atom is 0.416 e. The molecule has 0 saturated carbocycles. The van der Waals surface area contributed by atoms with E-state index in [4.69, 9.17) is 4.74 Å². The number of thiophene rings is 1. The normalized spacial score (nSPS) is 11.3. The number of hydrogen-bond acceptors (Lipinski definition) is 3. The monoisotopic (exact) mass is 405 g/mol. The Morgan fingerprint density at radius 1 is 1.11 bits per heavy atom. The fraction of sp³-hybridized carbons (Fsp3) is 0.190. The van der Waals surface area contributed by atoms with Crippen LogP contribution in [0.2, 0.25) is 0 Å². The number of nitrogens with one attached hydrogen (secondary N) is 1. The van der Waals surface area contributed by atoms with Crippen molar-refractivity contribution in [3.05, 3.63) is 81.0 Å². The molecule has 3 nitrogen and oxygen atoms in total. The quantitative estimate of drug-likeness (QED) is 0.548. The Bertz CT molecular complexity index is 995. The summed E-state index contributed by atoms with van der Waals surface area (Å²) in [5.74, 6) is 0.314. The molecule has 0 radical (unpaired) electrons. The number of ether oxygens (including phenoxy) is 1. The average Bonchev–Trinajstić information content (AvgIpc) is 3.10. The lowest BCUT2D eigenvalue weighted by Gasteiger charge is -2.09. The van der Waals surface area contributed by atoms with Crippen molar-refractivity contribution in [2.24, 2.45) is 0 Å². The number of amides is 1. The number of alkyl halides is 3. The number of carbonyl (C=O) groups excluding carboxylic acids is 1. The van der Waals surface area contributed by atoms with E-state index >= 15 is 0 Å². The predicted molar refractivity (Wildman–Crippen MR) is 104 cm³/mol. The third-order valence-electron chi connectivity index (χ3n) is 4.05. The lowest BCUT2D eigenvalue weighted by Crippen LogP contribution is -2.12. The maximum atomic E-state index is 12.8. The molecule has 0 aliphatic heterocycles. The van der Waals surface area contributed by atoms with Gasteiger partial charge in [-0.25, -0.2) is 0 Å². The molecule has 0 aliphatic rings. The molecule has 1 heterocycles. The molecule has 3 aromatic rings. The summed E-state index contributed by atoms with van der Waals surface area (Å²) in [5, 5.41) is 4.30. The van der Waals surface area contributed by atoms with Crippen LogP contribution in [0.15, 0.2) is 53.9 Å². The van der Waals surface area contributed by atoms with Gasteiger partial charge in [0.05, 0.1) is 10.4 Å². The Morgan fingerprint density at radius 3 is 2.61 bits per heavy atom. The van der Waals surface area contributed by atoms with E-state index in [2.05, 4.69) is 5.32 Å². The van der Waals surface area contributed by atoms with Crippen LogP contribution in [-0.4, -0.2) is 5.91 Å². The first-order valence-corrected chi connectivity index (χ1v) is 9.36. The summed E-state index contributed by atoms with van der Waals surface area (Å²) in [5.41, 5.74) is 2.28. The van der Waals surface area contributed by atoms with Gasteiger partial charge in [-0.3, -0.25) is 4.79 Å². The van der Waals surface area contributed by atoms with Gasteiger partial charge in [0.2, 0.25) is 0 Å². The van der Waals surface area contributed by atoms with Gasteiger partial charge < -0.3 is 10.1 Å². The molecule has 0 spiro atoms. The van der Waals surface area contributed by atoms with Gasteiger partial charge in [0.15, 0.2) is 0 Å². The van der Waals surface area contributed by atoms with Crippen molar-refractivity contribution < 1.29 is 22.7 Å². The minimum absolute atomic E-state index is 0.0984. The molecular formula is C21H18F3NO2S. The molecular weight excluding hydrogens is 387 g/mol. The molecule has 0 bridgehead atoms. The van der Waals surface area contributed by atoms with Crippen molar-refractivity contribution in [1.82, 2.24) is 0 Å². The lowest BCUT2D eigenvalue weighted by atomic mass is 10.1. The fourth-order valence-electron chi connectivity index (χ4n) is 2.66. The number of anilines is 1. The van der Waals surface area contributed by atoms with E-state index < -0.39 is 17.6 Å². The highest BCUT2D eigenvalue weighted by Gasteiger charge is 2.30. The molecule has 0 unspecified atom stereocenters. The van der Waals surface area contributed by atoms with Crippen LogP contribution >= 0.6 is 11.3 Å². The van der Waals surface area contributed by atoms with Gasteiger partial charge >= 0.3 is 6.18 Å². The molecule has 7 heteroatoms. The van der Waals surface area contributed by atoms with Crippen LogP contribution in [0.3, 0.4) is 0 Å². The minimum Gasteiger partial charge on any atom is -0.489 e. The fourth-order valence-corrected chi connectivity index (χ4v) is 3.45. The van der Waals surface area contributed by atoms with Gasteiger partial charge in [-0.1, -0.05) is 23.8 Å². The van der Waals surface area contributed by atoms with Crippen molar-refractivity contribution in [1.29, 1.82) is 0 Å². The van der Waals surface area contributed by atoms with Gasteiger partial charge in [-0.15, -0.1) is 11.3 Å². The second-order valence-corrected chi connectivity index (χ2v) is 7.32. The topological polar surface area (TPSA) is 38.3 Å². The Labute approximate surface area is 164 Å². The van der Waals surface area contributed by atoms with E-state index in [-0.39, 0.29) is 5.69 Å². The average molecular weight is 405 g/mol. The molecule has 146 valence electrons. The van der Waals surface area contributed by atoms with Crippen LogP contribution in [0.5, 0.6) is 5.75 Å². The van der Waals surface area contributed by atoms with Crippen molar-refractivity contribution in [3.63, 3.8) is 0 Å². The second-order valence-electron chi connectivity index (χ2n) is 6.41. The minimum atomic E-state index is -4.46. The van der Waals surface area contributed by atoms with E-state index in [1.54, 1.807) is 11.4 Å². The zero-order chi connectivity index (χ0) is 20.3. The SMILES string of the molecule is Cc1ccc(OCc2csc(C(=O)Nc3cccc(C(F)(F)F)c3)c2)c(C)c1. The zero-order valence-corrected chi connectivity index (χ0v) is 16.1. The summed E-state index contributed by atoms with van der Waals surface area (Å²) in [6, 6.07) is 12.1. The van der Waals surface area contributed by atoms with Gasteiger partial charge in [-0.05, 0) is 55.1 Å². The second kappa shape index (κ2) is 8.06. The molecule has 1 N–H and O–H groups in total. The number of aryl methyl sites for hydroxylation is 2. The number of hydrogen-bond donors (Lipinski definition) is 1. The largest absolute Gasteiger partial charge is 0.489 e. The van der Waals surface area contributed by atoms with Crippen LogP contribution in [0.1, 0.15) is 31.9 Å². The van der Waals surface area contributed by atoms with Gasteiger partial charge in [-0.2, -0.15) is 13.2 Å². The van der Waals surface area contributed by atoms with Gasteiger partial charge in [0.1, 0.15) is 12.4 Å². The van der Waals surface area contributed by atoms with E-state index in [1.807, 2.05) is 32.0 Å². The highest BCUT2D eigenvalue weighted by atomic mass is 32.1. The first-order valence-electron chi connectivity index (χ1n) is 8.48. The van der Waals surface area contributed by atoms with E-state index in [0.717, 1.165) is 34.6 Å². The van der Waals surface area contributed by atoms with Crippen molar-refractivity contribution in [2.45, 2.75) is 26.6 Å². The Hall–Kier alpha value is -2.80. The van der Waals surface area contributed by atoms with Crippen molar-refractivity contribution in [2.75, 3.05) is 5.32 Å². The highest BCUT2D eigenvalue weighted by molar-refractivity contribution is 7.12. The molecule has 0 atom stereocenters. The molecule has 0 fully saturated rings. The Morgan fingerprint density at radius 2 is 1.89 bits per heavy atom. The first kappa shape index (κ1) is 19.9. The highest BCUT2D eigenvalue weighted by Crippen LogP contribution is 2.31. The maximum absolute atomic E-state index is 12.8. The third kappa shape index (κ3) is 4.92. The standard InChI is InChI=1S/C21H18F3NO2S/c1-13-6-7-18(14(2)8-13)27-11-15-9-19(28-12-15)20(26)25-17-5-3-4-16(10-17)21(22,23)24/h3-10,12H,11H2,1-2H3,(H,25,26). The summed E-state index contributed by atoms with van der Waals surface area (Å²) >= 11 is 1.21. The Balaban J connectivity index is 1.64. The van der Waals surface area contributed by atoms with Crippen LogP contribution in [-0.2, 0) is 12.8 Å².